The maximum absolute atomic E-state index is 4.49. The highest BCUT2D eigenvalue weighted by molar-refractivity contribution is 5.35. The monoisotopic (exact) mass is 299 g/mol. The van der Waals surface area contributed by atoms with Gasteiger partial charge in [-0.15, -0.1) is 10.2 Å². The normalized spacial score (nSPS) is 20.1. The first kappa shape index (κ1) is 13.6. The molecule has 0 atom stereocenters. The third kappa shape index (κ3) is 2.45. The fourth-order valence-electron chi connectivity index (χ4n) is 3.42. The molecular formula is C15H21N7. The maximum Gasteiger partial charge on any atom is 0.147 e. The summed E-state index contributed by atoms with van der Waals surface area (Å²) in [7, 11) is 2.14. The van der Waals surface area contributed by atoms with E-state index in [9.17, 15) is 0 Å². The predicted octanol–water partition coefficient (Wildman–Crippen LogP) is 0.897. The maximum atomic E-state index is 4.49. The number of fused-ring (bicyclic) bond motifs is 1. The minimum atomic E-state index is 0.512. The van der Waals surface area contributed by atoms with Crippen molar-refractivity contribution in [2.75, 3.05) is 31.6 Å². The summed E-state index contributed by atoms with van der Waals surface area (Å²) in [6.45, 7) is 5.01. The summed E-state index contributed by atoms with van der Waals surface area (Å²) in [5.41, 5.74) is 0. The Hall–Kier alpha value is -2.02. The first-order valence-corrected chi connectivity index (χ1v) is 7.93. The van der Waals surface area contributed by atoms with Crippen molar-refractivity contribution in [3.05, 3.63) is 30.2 Å². The standard InChI is InChI=1S/C15H21N7/c1-20-8-9-22-14(11-20)18-19-15(22)12-2-6-21(7-3-12)13-10-16-4-5-17-13/h4-5,10,12H,2-3,6-9,11H2,1H3. The summed E-state index contributed by atoms with van der Waals surface area (Å²) in [6, 6.07) is 0. The van der Waals surface area contributed by atoms with Crippen LogP contribution in [0.3, 0.4) is 0 Å². The zero-order valence-electron chi connectivity index (χ0n) is 12.9. The molecule has 2 aliphatic rings. The van der Waals surface area contributed by atoms with Crippen LogP contribution in [0, 0.1) is 0 Å². The lowest BCUT2D eigenvalue weighted by Gasteiger charge is -2.33. The van der Waals surface area contributed by atoms with Crippen molar-refractivity contribution in [2.24, 2.45) is 0 Å². The van der Waals surface area contributed by atoms with Gasteiger partial charge in [-0.2, -0.15) is 0 Å². The van der Waals surface area contributed by atoms with Crippen molar-refractivity contribution in [2.45, 2.75) is 31.8 Å². The van der Waals surface area contributed by atoms with Gasteiger partial charge in [-0.3, -0.25) is 9.88 Å². The molecule has 0 radical (unpaired) electrons. The summed E-state index contributed by atoms with van der Waals surface area (Å²) in [4.78, 5) is 13.2. The van der Waals surface area contributed by atoms with E-state index in [-0.39, 0.29) is 0 Å². The van der Waals surface area contributed by atoms with Crippen LogP contribution in [0.4, 0.5) is 5.82 Å². The largest absolute Gasteiger partial charge is 0.355 e. The molecule has 0 N–H and O–H groups in total. The average molecular weight is 299 g/mol. The molecule has 2 aliphatic heterocycles. The van der Waals surface area contributed by atoms with E-state index in [1.54, 1.807) is 12.4 Å². The lowest BCUT2D eigenvalue weighted by Crippen LogP contribution is -2.35. The molecule has 0 aromatic carbocycles. The molecule has 0 amide bonds. The zero-order valence-corrected chi connectivity index (χ0v) is 12.9. The summed E-state index contributed by atoms with van der Waals surface area (Å²) >= 11 is 0. The number of hydrogen-bond donors (Lipinski definition) is 0. The zero-order chi connectivity index (χ0) is 14.9. The fourth-order valence-corrected chi connectivity index (χ4v) is 3.42. The molecular weight excluding hydrogens is 278 g/mol. The molecule has 4 rings (SSSR count). The smallest absolute Gasteiger partial charge is 0.147 e. The van der Waals surface area contributed by atoms with Crippen LogP contribution in [0.25, 0.3) is 0 Å². The predicted molar refractivity (Wildman–Crippen MR) is 82.6 cm³/mol. The average Bonchev–Trinajstić information content (AvgIpc) is 2.99. The van der Waals surface area contributed by atoms with Crippen molar-refractivity contribution >= 4 is 5.82 Å². The van der Waals surface area contributed by atoms with Crippen molar-refractivity contribution < 1.29 is 0 Å². The molecule has 4 heterocycles. The number of piperidine rings is 1. The Bertz CT molecular complexity index is 631. The van der Waals surface area contributed by atoms with Gasteiger partial charge in [0.1, 0.15) is 17.5 Å². The van der Waals surface area contributed by atoms with Crippen LogP contribution >= 0.6 is 0 Å². The van der Waals surface area contributed by atoms with E-state index in [0.29, 0.717) is 5.92 Å². The number of rotatable bonds is 2. The van der Waals surface area contributed by atoms with Gasteiger partial charge < -0.3 is 9.47 Å². The van der Waals surface area contributed by atoms with E-state index in [0.717, 1.165) is 57.2 Å². The van der Waals surface area contributed by atoms with E-state index in [1.807, 2.05) is 6.20 Å². The van der Waals surface area contributed by atoms with Gasteiger partial charge in [0.05, 0.1) is 12.7 Å². The van der Waals surface area contributed by atoms with E-state index in [1.165, 1.54) is 5.82 Å². The molecule has 1 fully saturated rings. The Balaban J connectivity index is 1.46. The Labute approximate surface area is 130 Å². The molecule has 0 aliphatic carbocycles. The Kier molecular flexibility index (Phi) is 3.49. The number of aromatic nitrogens is 5. The molecule has 7 nitrogen and oxygen atoms in total. The topological polar surface area (TPSA) is 63.0 Å². The quantitative estimate of drug-likeness (QED) is 0.821. The number of nitrogens with zero attached hydrogens (tertiary/aromatic N) is 7. The third-order valence-corrected chi connectivity index (χ3v) is 4.71. The van der Waals surface area contributed by atoms with Crippen LogP contribution in [-0.2, 0) is 13.1 Å². The molecule has 1 saturated heterocycles. The van der Waals surface area contributed by atoms with Gasteiger partial charge >= 0.3 is 0 Å². The Morgan fingerprint density at radius 2 is 1.91 bits per heavy atom. The van der Waals surface area contributed by atoms with E-state index in [4.69, 9.17) is 0 Å². The van der Waals surface area contributed by atoms with Crippen LogP contribution in [0.1, 0.15) is 30.4 Å². The summed E-state index contributed by atoms with van der Waals surface area (Å²) in [5.74, 6) is 3.78. The molecule has 22 heavy (non-hydrogen) atoms. The van der Waals surface area contributed by atoms with Crippen molar-refractivity contribution in [3.8, 4) is 0 Å². The first-order chi connectivity index (χ1) is 10.8. The summed E-state index contributed by atoms with van der Waals surface area (Å²) < 4.78 is 2.34. The lowest BCUT2D eigenvalue weighted by atomic mass is 9.96. The summed E-state index contributed by atoms with van der Waals surface area (Å²) in [6.07, 6.45) is 7.52. The summed E-state index contributed by atoms with van der Waals surface area (Å²) in [5, 5.41) is 8.89. The van der Waals surface area contributed by atoms with E-state index in [2.05, 4.69) is 41.6 Å². The van der Waals surface area contributed by atoms with Gasteiger partial charge in [0.25, 0.3) is 0 Å². The number of likely N-dealkylation sites (N-methyl/N-ethyl adjacent to an activating group) is 1. The number of hydrogen-bond acceptors (Lipinski definition) is 6. The fraction of sp³-hybridized carbons (Fsp3) is 0.600. The molecule has 2 aromatic rings. The minimum absolute atomic E-state index is 0.512. The molecule has 0 bridgehead atoms. The molecule has 0 spiro atoms. The second-order valence-corrected chi connectivity index (χ2v) is 6.19. The van der Waals surface area contributed by atoms with Crippen LogP contribution in [0.15, 0.2) is 18.6 Å². The molecule has 0 saturated carbocycles. The Morgan fingerprint density at radius 3 is 2.68 bits per heavy atom. The second-order valence-electron chi connectivity index (χ2n) is 6.19. The lowest BCUT2D eigenvalue weighted by molar-refractivity contribution is 0.259. The van der Waals surface area contributed by atoms with E-state index >= 15 is 0 Å². The van der Waals surface area contributed by atoms with Gasteiger partial charge in [-0.1, -0.05) is 0 Å². The SMILES string of the molecule is CN1CCn2c(nnc2C2CCN(c3cnccn3)CC2)C1. The van der Waals surface area contributed by atoms with E-state index < -0.39 is 0 Å². The van der Waals surface area contributed by atoms with Crippen molar-refractivity contribution in [3.63, 3.8) is 0 Å². The van der Waals surface area contributed by atoms with Crippen LogP contribution in [0.2, 0.25) is 0 Å². The van der Waals surface area contributed by atoms with Crippen molar-refractivity contribution in [1.82, 2.24) is 29.6 Å². The molecule has 7 heteroatoms. The van der Waals surface area contributed by atoms with Gasteiger partial charge in [-0.25, -0.2) is 4.98 Å². The molecule has 116 valence electrons. The third-order valence-electron chi connectivity index (χ3n) is 4.71. The van der Waals surface area contributed by atoms with Gasteiger partial charge in [-0.05, 0) is 19.9 Å². The highest BCUT2D eigenvalue weighted by Gasteiger charge is 2.28. The molecule has 2 aromatic heterocycles. The minimum Gasteiger partial charge on any atom is -0.355 e. The first-order valence-electron chi connectivity index (χ1n) is 7.93. The Morgan fingerprint density at radius 1 is 1.05 bits per heavy atom. The highest BCUT2D eigenvalue weighted by atomic mass is 15.3. The second kappa shape index (κ2) is 5.64. The number of anilines is 1. The highest BCUT2D eigenvalue weighted by Crippen LogP contribution is 2.29. The van der Waals surface area contributed by atoms with Crippen molar-refractivity contribution in [1.29, 1.82) is 0 Å². The van der Waals surface area contributed by atoms with Gasteiger partial charge in [0, 0.05) is 44.5 Å². The van der Waals surface area contributed by atoms with Gasteiger partial charge in [0.15, 0.2) is 0 Å². The van der Waals surface area contributed by atoms with Crippen LogP contribution in [0.5, 0.6) is 0 Å². The van der Waals surface area contributed by atoms with Gasteiger partial charge in [0.2, 0.25) is 0 Å². The molecule has 0 unspecified atom stereocenters. The van der Waals surface area contributed by atoms with Crippen LogP contribution < -0.4 is 4.90 Å². The van der Waals surface area contributed by atoms with Crippen LogP contribution in [-0.4, -0.2) is 56.3 Å².